The molecule has 176 valence electrons. The summed E-state index contributed by atoms with van der Waals surface area (Å²) in [6, 6.07) is 29.7. The fourth-order valence-electron chi connectivity index (χ4n) is 6.54. The Morgan fingerprint density at radius 3 is 2.28 bits per heavy atom. The third-order valence-corrected chi connectivity index (χ3v) is 8.42. The summed E-state index contributed by atoms with van der Waals surface area (Å²) in [6.45, 7) is 4.37. The number of nitrogens with zero attached hydrogens (tertiary/aromatic N) is 1. The second kappa shape index (κ2) is 8.45. The van der Waals surface area contributed by atoms with E-state index in [2.05, 4.69) is 98.9 Å². The maximum Gasteiger partial charge on any atom is 0.0784 e. The summed E-state index contributed by atoms with van der Waals surface area (Å²) in [4.78, 5) is 5.23. The van der Waals surface area contributed by atoms with Gasteiger partial charge in [0.05, 0.1) is 5.69 Å². The highest BCUT2D eigenvalue weighted by atomic mass is 14.7. The molecule has 2 aliphatic carbocycles. The molecule has 1 heterocycles. The summed E-state index contributed by atoms with van der Waals surface area (Å²) in [6.07, 6.45) is 8.39. The fraction of sp³-hybridized carbons (Fsp3) is 0.229. The maximum atomic E-state index is 5.23. The van der Waals surface area contributed by atoms with Crippen LogP contribution < -0.4 is 0 Å². The second-order valence-electron chi connectivity index (χ2n) is 10.8. The van der Waals surface area contributed by atoms with Gasteiger partial charge in [-0.3, -0.25) is 4.98 Å². The highest BCUT2D eigenvalue weighted by Crippen LogP contribution is 2.45. The number of rotatable bonds is 3. The van der Waals surface area contributed by atoms with E-state index < -0.39 is 0 Å². The molecule has 1 fully saturated rings. The third kappa shape index (κ3) is 3.49. The van der Waals surface area contributed by atoms with Crippen molar-refractivity contribution in [3.8, 4) is 33.5 Å². The van der Waals surface area contributed by atoms with E-state index in [-0.39, 0.29) is 0 Å². The van der Waals surface area contributed by atoms with E-state index in [1.54, 1.807) is 0 Å². The van der Waals surface area contributed by atoms with Crippen LogP contribution in [-0.2, 0) is 6.42 Å². The number of benzene rings is 4. The summed E-state index contributed by atoms with van der Waals surface area (Å²) < 4.78 is 0. The topological polar surface area (TPSA) is 12.9 Å². The SMILES string of the molecule is Cc1ccc(-c2cnc(-c3cc(C)cc4c3Cc3ccccc3-4)c3cc(C4CCCC4)ccc23)cc1. The van der Waals surface area contributed by atoms with E-state index in [0.29, 0.717) is 5.92 Å². The summed E-state index contributed by atoms with van der Waals surface area (Å²) in [5.74, 6) is 0.678. The van der Waals surface area contributed by atoms with Crippen molar-refractivity contribution in [2.75, 3.05) is 0 Å². The molecule has 7 rings (SSSR count). The minimum absolute atomic E-state index is 0.678. The van der Waals surface area contributed by atoms with Crippen LogP contribution in [0.3, 0.4) is 0 Å². The predicted molar refractivity (Wildman–Crippen MR) is 152 cm³/mol. The van der Waals surface area contributed by atoms with Gasteiger partial charge in [0.1, 0.15) is 0 Å². The monoisotopic (exact) mass is 465 g/mol. The Morgan fingerprint density at radius 2 is 1.44 bits per heavy atom. The maximum absolute atomic E-state index is 5.23. The Kier molecular flexibility index (Phi) is 5.06. The van der Waals surface area contributed by atoms with Crippen molar-refractivity contribution >= 4 is 10.8 Å². The molecule has 1 nitrogen and oxygen atoms in total. The van der Waals surface area contributed by atoms with Gasteiger partial charge >= 0.3 is 0 Å². The Hall–Kier alpha value is -3.71. The molecule has 1 aromatic heterocycles. The highest BCUT2D eigenvalue weighted by molar-refractivity contribution is 6.04. The molecule has 0 N–H and O–H groups in total. The summed E-state index contributed by atoms with van der Waals surface area (Å²) in [5, 5.41) is 2.59. The quantitative estimate of drug-likeness (QED) is 0.254. The lowest BCUT2D eigenvalue weighted by Gasteiger charge is -2.17. The van der Waals surface area contributed by atoms with E-state index in [1.807, 2.05) is 0 Å². The molecule has 0 saturated heterocycles. The lowest BCUT2D eigenvalue weighted by molar-refractivity contribution is 0.724. The minimum Gasteiger partial charge on any atom is -0.255 e. The Labute approximate surface area is 213 Å². The smallest absolute Gasteiger partial charge is 0.0784 e. The van der Waals surface area contributed by atoms with Gasteiger partial charge in [-0.25, -0.2) is 0 Å². The van der Waals surface area contributed by atoms with Crippen molar-refractivity contribution in [2.45, 2.75) is 51.9 Å². The fourth-order valence-corrected chi connectivity index (χ4v) is 6.54. The van der Waals surface area contributed by atoms with E-state index in [4.69, 9.17) is 4.98 Å². The van der Waals surface area contributed by atoms with Gasteiger partial charge in [-0.1, -0.05) is 85.1 Å². The molecule has 0 amide bonds. The van der Waals surface area contributed by atoms with Crippen molar-refractivity contribution in [3.05, 3.63) is 113 Å². The van der Waals surface area contributed by atoms with Crippen LogP contribution in [0.5, 0.6) is 0 Å². The van der Waals surface area contributed by atoms with Gasteiger partial charge in [-0.2, -0.15) is 0 Å². The number of aryl methyl sites for hydroxylation is 2. The molecule has 4 aromatic carbocycles. The van der Waals surface area contributed by atoms with Gasteiger partial charge in [0.25, 0.3) is 0 Å². The lowest BCUT2D eigenvalue weighted by atomic mass is 9.89. The van der Waals surface area contributed by atoms with E-state index in [0.717, 1.165) is 12.1 Å². The van der Waals surface area contributed by atoms with Crippen molar-refractivity contribution in [1.29, 1.82) is 0 Å². The van der Waals surface area contributed by atoms with Crippen LogP contribution in [0.1, 0.15) is 59.4 Å². The van der Waals surface area contributed by atoms with Gasteiger partial charge in [-0.05, 0) is 95.5 Å². The number of hydrogen-bond acceptors (Lipinski definition) is 1. The number of hydrogen-bond donors (Lipinski definition) is 0. The van der Waals surface area contributed by atoms with Crippen molar-refractivity contribution in [3.63, 3.8) is 0 Å². The summed E-state index contributed by atoms with van der Waals surface area (Å²) >= 11 is 0. The van der Waals surface area contributed by atoms with Crippen LogP contribution in [0, 0.1) is 13.8 Å². The summed E-state index contributed by atoms with van der Waals surface area (Å²) in [7, 11) is 0. The van der Waals surface area contributed by atoms with Crippen LogP contribution in [0.4, 0.5) is 0 Å². The molecule has 0 aliphatic heterocycles. The second-order valence-corrected chi connectivity index (χ2v) is 10.8. The molecule has 5 aromatic rings. The minimum atomic E-state index is 0.678. The van der Waals surface area contributed by atoms with Crippen LogP contribution >= 0.6 is 0 Å². The Balaban J connectivity index is 1.48. The van der Waals surface area contributed by atoms with Crippen molar-refractivity contribution in [2.24, 2.45) is 0 Å². The molecule has 0 spiro atoms. The molecular formula is C35H31N. The predicted octanol–water partition coefficient (Wildman–Crippen LogP) is 9.41. The van der Waals surface area contributed by atoms with Crippen LogP contribution in [-0.4, -0.2) is 4.98 Å². The van der Waals surface area contributed by atoms with Gasteiger partial charge in [0.2, 0.25) is 0 Å². The number of aromatic nitrogens is 1. The third-order valence-electron chi connectivity index (χ3n) is 8.42. The normalized spacial score (nSPS) is 14.8. The Bertz CT molecular complexity index is 1620. The molecule has 36 heavy (non-hydrogen) atoms. The highest BCUT2D eigenvalue weighted by Gasteiger charge is 2.25. The Morgan fingerprint density at radius 1 is 0.667 bits per heavy atom. The molecule has 0 bridgehead atoms. The van der Waals surface area contributed by atoms with Crippen molar-refractivity contribution < 1.29 is 0 Å². The number of fused-ring (bicyclic) bond motifs is 4. The van der Waals surface area contributed by atoms with E-state index in [1.165, 1.54) is 92.1 Å². The van der Waals surface area contributed by atoms with Gasteiger partial charge < -0.3 is 0 Å². The first-order valence-electron chi connectivity index (χ1n) is 13.4. The zero-order chi connectivity index (χ0) is 24.2. The molecule has 1 heteroatoms. The van der Waals surface area contributed by atoms with Gasteiger partial charge in [0.15, 0.2) is 0 Å². The van der Waals surface area contributed by atoms with Crippen LogP contribution in [0.25, 0.3) is 44.3 Å². The molecule has 0 radical (unpaired) electrons. The largest absolute Gasteiger partial charge is 0.255 e. The molecule has 2 aliphatic rings. The van der Waals surface area contributed by atoms with Gasteiger partial charge in [-0.15, -0.1) is 0 Å². The molecular weight excluding hydrogens is 434 g/mol. The van der Waals surface area contributed by atoms with E-state index >= 15 is 0 Å². The van der Waals surface area contributed by atoms with E-state index in [9.17, 15) is 0 Å². The van der Waals surface area contributed by atoms with Crippen molar-refractivity contribution in [1.82, 2.24) is 4.98 Å². The average molecular weight is 466 g/mol. The first-order chi connectivity index (χ1) is 17.7. The number of pyridine rings is 1. The van der Waals surface area contributed by atoms with Crippen LogP contribution in [0.2, 0.25) is 0 Å². The first kappa shape index (κ1) is 21.6. The molecule has 0 atom stereocenters. The first-order valence-corrected chi connectivity index (χ1v) is 13.4. The lowest BCUT2D eigenvalue weighted by Crippen LogP contribution is -1.98. The zero-order valence-corrected chi connectivity index (χ0v) is 21.1. The van der Waals surface area contributed by atoms with Crippen LogP contribution in [0.15, 0.2) is 85.1 Å². The molecule has 0 unspecified atom stereocenters. The average Bonchev–Trinajstić information content (AvgIpc) is 3.57. The summed E-state index contributed by atoms with van der Waals surface area (Å²) in [5.41, 5.74) is 14.6. The van der Waals surface area contributed by atoms with Gasteiger partial charge in [0, 0.05) is 22.7 Å². The standard InChI is InChI=1S/C35H31N/c1-22-11-13-25(14-12-22)34-21-36-35(33-19-26(15-16-29(33)34)24-7-3-4-8-24)32-18-23(2)17-30-28-10-6-5-9-27(28)20-31(30)32/h5-6,9-19,21,24H,3-4,7-8,20H2,1-2H3. The zero-order valence-electron chi connectivity index (χ0n) is 21.1. The molecule has 1 saturated carbocycles.